The third-order valence-electron chi connectivity index (χ3n) is 5.17. The van der Waals surface area contributed by atoms with Gasteiger partial charge in [-0.15, -0.1) is 0 Å². The molecule has 0 amide bonds. The highest BCUT2D eigenvalue weighted by Gasteiger charge is 2.42. The fraction of sp³-hybridized carbons (Fsp3) is 0.389. The van der Waals surface area contributed by atoms with Crippen LogP contribution in [0, 0.1) is 5.82 Å². The van der Waals surface area contributed by atoms with Crippen LogP contribution in [0.15, 0.2) is 39.0 Å². The summed E-state index contributed by atoms with van der Waals surface area (Å²) in [4.78, 5) is 25.0. The molecule has 29 heavy (non-hydrogen) atoms. The molecule has 1 N–H and O–H groups in total. The Balaban J connectivity index is 1.91. The van der Waals surface area contributed by atoms with Crippen LogP contribution in [0.3, 0.4) is 0 Å². The van der Waals surface area contributed by atoms with Crippen LogP contribution >= 0.6 is 0 Å². The minimum Gasteiger partial charge on any atom is -0.296 e. The van der Waals surface area contributed by atoms with E-state index in [0.29, 0.717) is 18.4 Å². The fourth-order valence-corrected chi connectivity index (χ4v) is 4.81. The van der Waals surface area contributed by atoms with Gasteiger partial charge in [0.1, 0.15) is 10.7 Å². The maximum Gasteiger partial charge on any atom is 0.331 e. The van der Waals surface area contributed by atoms with Crippen molar-refractivity contribution in [2.45, 2.75) is 36.7 Å². The molecule has 0 saturated heterocycles. The Morgan fingerprint density at radius 1 is 1.24 bits per heavy atom. The minimum atomic E-state index is -4.16. The van der Waals surface area contributed by atoms with Crippen molar-refractivity contribution in [3.63, 3.8) is 0 Å². The summed E-state index contributed by atoms with van der Waals surface area (Å²) < 4.78 is 46.1. The summed E-state index contributed by atoms with van der Waals surface area (Å²) in [5.41, 5.74) is -1.27. The maximum atomic E-state index is 14.6. The molecule has 0 atom stereocenters. The number of hydrogen-bond donors (Lipinski definition) is 1. The molecule has 154 valence electrons. The molecule has 11 heteroatoms. The van der Waals surface area contributed by atoms with E-state index in [1.165, 1.54) is 17.9 Å². The van der Waals surface area contributed by atoms with E-state index in [1.807, 2.05) is 0 Å². The van der Waals surface area contributed by atoms with Crippen LogP contribution in [0.4, 0.5) is 4.39 Å². The molecule has 1 saturated carbocycles. The number of aryl methyl sites for hydroxylation is 2. The highest BCUT2D eigenvalue weighted by Crippen LogP contribution is 2.36. The number of benzene rings is 1. The molecule has 0 spiro atoms. The van der Waals surface area contributed by atoms with Crippen LogP contribution < -0.4 is 16.0 Å². The normalized spacial score (nSPS) is 15.7. The van der Waals surface area contributed by atoms with E-state index in [1.54, 1.807) is 20.2 Å². The Hall–Kier alpha value is -2.79. The third kappa shape index (κ3) is 3.40. The van der Waals surface area contributed by atoms with Crippen LogP contribution in [0.2, 0.25) is 0 Å². The number of sulfonamides is 1. The zero-order valence-corrected chi connectivity index (χ0v) is 17.0. The number of aromatic nitrogens is 4. The largest absolute Gasteiger partial charge is 0.331 e. The fourth-order valence-electron chi connectivity index (χ4n) is 3.26. The van der Waals surface area contributed by atoms with Crippen molar-refractivity contribution in [2.75, 3.05) is 0 Å². The summed E-state index contributed by atoms with van der Waals surface area (Å²) in [6.45, 7) is 1.69. The second-order valence-corrected chi connectivity index (χ2v) is 9.37. The van der Waals surface area contributed by atoms with Crippen molar-refractivity contribution in [2.24, 2.45) is 14.1 Å². The Morgan fingerprint density at radius 2 is 1.93 bits per heavy atom. The Morgan fingerprint density at radius 3 is 2.52 bits per heavy atom. The Bertz CT molecular complexity index is 1370. The lowest BCUT2D eigenvalue weighted by atomic mass is 10.2. The van der Waals surface area contributed by atoms with Crippen molar-refractivity contribution in [3.8, 4) is 0 Å². The Labute approximate surface area is 165 Å². The Kier molecular flexibility index (Phi) is 4.28. The van der Waals surface area contributed by atoms with Gasteiger partial charge in [-0.2, -0.15) is 5.10 Å². The monoisotopic (exact) mass is 421 g/mol. The topological polar surface area (TPSA) is 108 Å². The number of rotatable bonds is 5. The maximum absolute atomic E-state index is 14.6. The molecular formula is C18H20FN5O4S. The molecule has 9 nitrogen and oxygen atoms in total. The predicted octanol–water partition coefficient (Wildman–Crippen LogP) is 0.452. The van der Waals surface area contributed by atoms with E-state index >= 15 is 0 Å². The van der Waals surface area contributed by atoms with Crippen LogP contribution in [0.25, 0.3) is 10.9 Å². The van der Waals surface area contributed by atoms with E-state index in [2.05, 4.69) is 9.82 Å². The number of nitrogens with one attached hydrogen (secondary N) is 1. The first-order chi connectivity index (χ1) is 13.5. The van der Waals surface area contributed by atoms with Gasteiger partial charge in [0.15, 0.2) is 0 Å². The zero-order chi connectivity index (χ0) is 21.1. The number of nitrogens with zero attached hydrogens (tertiary/aromatic N) is 4. The van der Waals surface area contributed by atoms with Gasteiger partial charge in [-0.05, 0) is 31.9 Å². The minimum absolute atomic E-state index is 0.0246. The second-order valence-electron chi connectivity index (χ2n) is 7.72. The van der Waals surface area contributed by atoms with Crippen LogP contribution in [-0.2, 0) is 30.7 Å². The first kappa shape index (κ1) is 19.5. The van der Waals surface area contributed by atoms with Gasteiger partial charge in [0.2, 0.25) is 10.0 Å². The van der Waals surface area contributed by atoms with Gasteiger partial charge in [-0.1, -0.05) is 0 Å². The number of halogens is 1. The van der Waals surface area contributed by atoms with Gasteiger partial charge >= 0.3 is 5.69 Å². The smallest absolute Gasteiger partial charge is 0.296 e. The van der Waals surface area contributed by atoms with Gasteiger partial charge in [0.05, 0.1) is 23.6 Å². The van der Waals surface area contributed by atoms with E-state index in [4.69, 9.17) is 0 Å². The second kappa shape index (κ2) is 6.36. The molecule has 0 radical (unpaired) electrons. The average Bonchev–Trinajstić information content (AvgIpc) is 3.20. The molecule has 1 aliphatic carbocycles. The summed E-state index contributed by atoms with van der Waals surface area (Å²) in [7, 11) is -1.05. The van der Waals surface area contributed by atoms with Crippen LogP contribution in [-0.4, -0.2) is 32.9 Å². The molecule has 4 rings (SSSR count). The highest BCUT2D eigenvalue weighted by atomic mass is 32.2. The standard InChI is InChI=1S/C18H20FN5O4S/c1-18(4-5-18)21-29(27,28)15-6-12-14(7-13(15)19)23(3)17(26)24(16(12)25)10-11-8-20-22(2)9-11/h6-9,21H,4-5,10H2,1-3H3. The number of hydrogen-bond acceptors (Lipinski definition) is 5. The van der Waals surface area contributed by atoms with Crippen molar-refractivity contribution in [3.05, 3.63) is 56.7 Å². The summed E-state index contributed by atoms with van der Waals surface area (Å²) in [5, 5.41) is 3.95. The summed E-state index contributed by atoms with van der Waals surface area (Å²) >= 11 is 0. The average molecular weight is 421 g/mol. The van der Waals surface area contributed by atoms with Crippen molar-refractivity contribution in [1.82, 2.24) is 23.6 Å². The molecule has 1 aliphatic rings. The number of fused-ring (bicyclic) bond motifs is 1. The van der Waals surface area contributed by atoms with E-state index in [9.17, 15) is 22.4 Å². The SMILES string of the molecule is Cn1cc(Cn2c(=O)c3cc(S(=O)(=O)NC4(C)CC4)c(F)cc3n(C)c2=O)cn1. The zero-order valence-electron chi connectivity index (χ0n) is 16.1. The van der Waals surface area contributed by atoms with E-state index < -0.39 is 37.5 Å². The highest BCUT2D eigenvalue weighted by molar-refractivity contribution is 7.89. The van der Waals surface area contributed by atoms with Crippen molar-refractivity contribution >= 4 is 20.9 Å². The van der Waals surface area contributed by atoms with Crippen LogP contribution in [0.1, 0.15) is 25.3 Å². The van der Waals surface area contributed by atoms with Gasteiger partial charge in [0.25, 0.3) is 5.56 Å². The lowest BCUT2D eigenvalue weighted by Crippen LogP contribution is -2.39. The summed E-state index contributed by atoms with van der Waals surface area (Å²) in [5.74, 6) is -1.02. The summed E-state index contributed by atoms with van der Waals surface area (Å²) in [6, 6.07) is 1.91. The van der Waals surface area contributed by atoms with Gasteiger partial charge in [0, 0.05) is 31.4 Å². The molecule has 0 aliphatic heterocycles. The van der Waals surface area contributed by atoms with Gasteiger partial charge < -0.3 is 0 Å². The molecule has 3 aromatic rings. The van der Waals surface area contributed by atoms with Gasteiger partial charge in [-0.3, -0.25) is 18.6 Å². The molecule has 0 unspecified atom stereocenters. The molecular weight excluding hydrogens is 401 g/mol. The van der Waals surface area contributed by atoms with Gasteiger partial charge in [-0.25, -0.2) is 22.3 Å². The lowest BCUT2D eigenvalue weighted by Gasteiger charge is -2.15. The first-order valence-corrected chi connectivity index (χ1v) is 10.4. The molecule has 0 bridgehead atoms. The molecule has 2 aromatic heterocycles. The molecule has 1 fully saturated rings. The lowest BCUT2D eigenvalue weighted by molar-refractivity contribution is 0.540. The first-order valence-electron chi connectivity index (χ1n) is 8.95. The van der Waals surface area contributed by atoms with Crippen molar-refractivity contribution < 1.29 is 12.8 Å². The van der Waals surface area contributed by atoms with Crippen LogP contribution in [0.5, 0.6) is 0 Å². The summed E-state index contributed by atoms with van der Waals surface area (Å²) in [6.07, 6.45) is 4.51. The third-order valence-corrected chi connectivity index (χ3v) is 6.83. The van der Waals surface area contributed by atoms with E-state index in [0.717, 1.165) is 21.3 Å². The molecule has 1 aromatic carbocycles. The predicted molar refractivity (Wildman–Crippen MR) is 104 cm³/mol. The quantitative estimate of drug-likeness (QED) is 0.644. The van der Waals surface area contributed by atoms with Crippen molar-refractivity contribution in [1.29, 1.82) is 0 Å². The van der Waals surface area contributed by atoms with E-state index in [-0.39, 0.29) is 17.4 Å². The molecule has 2 heterocycles.